The number of rotatable bonds is 3. The molecule has 1 aromatic rings. The molecule has 9 heteroatoms. The first-order valence-corrected chi connectivity index (χ1v) is 6.70. The van der Waals surface area contributed by atoms with Crippen molar-refractivity contribution >= 4 is 16.2 Å². The Balaban J connectivity index is 2.09. The first-order chi connectivity index (χ1) is 7.97. The van der Waals surface area contributed by atoms with Gasteiger partial charge in [-0.25, -0.2) is 9.82 Å². The van der Waals surface area contributed by atoms with Crippen molar-refractivity contribution in [2.24, 2.45) is 0 Å². The van der Waals surface area contributed by atoms with Gasteiger partial charge in [-0.1, -0.05) is 0 Å². The van der Waals surface area contributed by atoms with Crippen LogP contribution in [0.15, 0.2) is 6.33 Å². The second-order valence-electron chi connectivity index (χ2n) is 4.02. The minimum Gasteiger partial charge on any atom is -0.373 e. The Morgan fingerprint density at radius 2 is 2.12 bits per heavy atom. The van der Waals surface area contributed by atoms with Crippen LogP contribution in [0.2, 0.25) is 0 Å². The van der Waals surface area contributed by atoms with Gasteiger partial charge in [-0.05, 0) is 13.8 Å². The lowest BCUT2D eigenvalue weighted by molar-refractivity contribution is -0.0439. The fraction of sp³-hybridized carbons (Fsp3) is 0.750. The molecule has 8 nitrogen and oxygen atoms in total. The summed E-state index contributed by atoms with van der Waals surface area (Å²) >= 11 is 0. The zero-order valence-corrected chi connectivity index (χ0v) is 10.4. The molecule has 1 aromatic heterocycles. The summed E-state index contributed by atoms with van der Waals surface area (Å²) in [5, 5.41) is 6.02. The van der Waals surface area contributed by atoms with E-state index in [0.717, 1.165) is 0 Å². The molecular formula is C8H15N5O3S. The fourth-order valence-corrected chi connectivity index (χ4v) is 3.05. The number of nitrogens with one attached hydrogen (secondary N) is 2. The number of aromatic nitrogens is 3. The summed E-state index contributed by atoms with van der Waals surface area (Å²) in [5.74, 6) is 0.108. The molecule has 0 bridgehead atoms. The smallest absolute Gasteiger partial charge is 0.304 e. The Labute approximate surface area is 99.6 Å². The largest absolute Gasteiger partial charge is 0.373 e. The van der Waals surface area contributed by atoms with Crippen LogP contribution in [0, 0.1) is 0 Å². The van der Waals surface area contributed by atoms with Gasteiger partial charge in [0.1, 0.15) is 6.33 Å². The molecule has 0 spiro atoms. The minimum atomic E-state index is -3.60. The van der Waals surface area contributed by atoms with Gasteiger partial charge in [0, 0.05) is 13.1 Å². The van der Waals surface area contributed by atoms with Crippen molar-refractivity contribution in [3.8, 4) is 0 Å². The molecule has 1 aliphatic heterocycles. The zero-order chi connectivity index (χ0) is 12.5. The lowest BCUT2D eigenvalue weighted by Crippen LogP contribution is -2.50. The monoisotopic (exact) mass is 261 g/mol. The zero-order valence-electron chi connectivity index (χ0n) is 9.62. The number of nitrogens with zero attached hydrogens (tertiary/aromatic N) is 3. The molecule has 2 heterocycles. The molecular weight excluding hydrogens is 246 g/mol. The van der Waals surface area contributed by atoms with Crippen LogP contribution in [0.3, 0.4) is 0 Å². The van der Waals surface area contributed by atoms with Gasteiger partial charge in [-0.3, -0.25) is 0 Å². The molecule has 1 fully saturated rings. The van der Waals surface area contributed by atoms with Crippen LogP contribution in [-0.2, 0) is 14.9 Å². The molecule has 0 aromatic carbocycles. The van der Waals surface area contributed by atoms with Gasteiger partial charge >= 0.3 is 10.2 Å². The van der Waals surface area contributed by atoms with Crippen LogP contribution in [0.4, 0.5) is 5.95 Å². The van der Waals surface area contributed by atoms with Crippen molar-refractivity contribution < 1.29 is 13.2 Å². The van der Waals surface area contributed by atoms with Crippen molar-refractivity contribution in [2.75, 3.05) is 17.8 Å². The maximum Gasteiger partial charge on any atom is 0.304 e. The standard InChI is InChI=1S/C8H15N5O3S/c1-6-3-13(4-7(2)16-6)17(14,15)12-8-9-5-10-11-8/h5-7H,3-4H2,1-2H3,(H2,9,10,11,12). The summed E-state index contributed by atoms with van der Waals surface area (Å²) in [6.45, 7) is 4.33. The maximum absolute atomic E-state index is 12.0. The molecule has 17 heavy (non-hydrogen) atoms. The normalized spacial score (nSPS) is 26.9. The molecule has 2 atom stereocenters. The lowest BCUT2D eigenvalue weighted by atomic mass is 10.3. The predicted octanol–water partition coefficient (Wildman–Crippen LogP) is -0.429. The first-order valence-electron chi connectivity index (χ1n) is 5.26. The molecule has 1 saturated heterocycles. The summed E-state index contributed by atoms with van der Waals surface area (Å²) in [6.07, 6.45) is 0.998. The van der Waals surface area contributed by atoms with E-state index in [2.05, 4.69) is 19.9 Å². The van der Waals surface area contributed by atoms with E-state index >= 15 is 0 Å². The average molecular weight is 261 g/mol. The number of hydrogen-bond donors (Lipinski definition) is 2. The molecule has 2 rings (SSSR count). The highest BCUT2D eigenvalue weighted by molar-refractivity contribution is 7.90. The quantitative estimate of drug-likeness (QED) is 0.769. The Morgan fingerprint density at radius 1 is 1.47 bits per heavy atom. The van der Waals surface area contributed by atoms with Crippen molar-refractivity contribution in [3.63, 3.8) is 0 Å². The van der Waals surface area contributed by atoms with Crippen molar-refractivity contribution in [2.45, 2.75) is 26.1 Å². The molecule has 0 amide bonds. The Hall–Kier alpha value is -1.19. The van der Waals surface area contributed by atoms with Gasteiger partial charge in [0.05, 0.1) is 12.2 Å². The van der Waals surface area contributed by atoms with Gasteiger partial charge in [0.25, 0.3) is 0 Å². The van der Waals surface area contributed by atoms with Crippen LogP contribution in [0.5, 0.6) is 0 Å². The number of H-pyrrole nitrogens is 1. The van der Waals surface area contributed by atoms with Gasteiger partial charge < -0.3 is 4.74 Å². The van der Waals surface area contributed by atoms with Crippen molar-refractivity contribution in [1.29, 1.82) is 0 Å². The summed E-state index contributed by atoms with van der Waals surface area (Å²) < 4.78 is 33.2. The number of morpholine rings is 1. The van der Waals surface area contributed by atoms with Crippen molar-refractivity contribution in [1.82, 2.24) is 19.5 Å². The minimum absolute atomic E-state index is 0.108. The highest BCUT2D eigenvalue weighted by atomic mass is 32.2. The lowest BCUT2D eigenvalue weighted by Gasteiger charge is -2.34. The predicted molar refractivity (Wildman–Crippen MR) is 60.5 cm³/mol. The second kappa shape index (κ2) is 4.59. The number of aromatic amines is 1. The maximum atomic E-state index is 12.0. The molecule has 0 saturated carbocycles. The molecule has 0 radical (unpaired) electrons. The summed E-state index contributed by atoms with van der Waals surface area (Å²) in [7, 11) is -3.60. The van der Waals surface area contributed by atoms with Crippen LogP contribution >= 0.6 is 0 Å². The van der Waals surface area contributed by atoms with Crippen LogP contribution in [0.1, 0.15) is 13.8 Å². The summed E-state index contributed by atoms with van der Waals surface area (Å²) in [5.41, 5.74) is 0. The third kappa shape index (κ3) is 2.93. The van der Waals surface area contributed by atoms with Gasteiger partial charge in [0.15, 0.2) is 0 Å². The summed E-state index contributed by atoms with van der Waals surface area (Å²) in [6, 6.07) is 0. The van der Waals surface area contributed by atoms with E-state index in [4.69, 9.17) is 4.74 Å². The van der Waals surface area contributed by atoms with Gasteiger partial charge in [0.2, 0.25) is 5.95 Å². The molecule has 96 valence electrons. The van der Waals surface area contributed by atoms with Crippen molar-refractivity contribution in [3.05, 3.63) is 6.33 Å². The summed E-state index contributed by atoms with van der Waals surface area (Å²) in [4.78, 5) is 3.72. The molecule has 2 unspecified atom stereocenters. The fourth-order valence-electron chi connectivity index (χ4n) is 1.77. The SMILES string of the molecule is CC1CN(S(=O)(=O)Nc2ncn[nH]2)CC(C)O1. The third-order valence-corrected chi connectivity index (χ3v) is 3.80. The van der Waals surface area contributed by atoms with E-state index in [1.165, 1.54) is 10.6 Å². The van der Waals surface area contributed by atoms with Gasteiger partial charge in [-0.15, -0.1) is 0 Å². The van der Waals surface area contributed by atoms with Crippen LogP contribution < -0.4 is 4.72 Å². The Morgan fingerprint density at radius 3 is 2.65 bits per heavy atom. The topological polar surface area (TPSA) is 100 Å². The highest BCUT2D eigenvalue weighted by Gasteiger charge is 2.31. The molecule has 0 aliphatic carbocycles. The third-order valence-electron chi connectivity index (χ3n) is 2.37. The van der Waals surface area contributed by atoms with Crippen LogP contribution in [0.25, 0.3) is 0 Å². The second-order valence-corrected chi connectivity index (χ2v) is 5.69. The van der Waals surface area contributed by atoms with E-state index in [1.807, 2.05) is 13.8 Å². The number of anilines is 1. The number of ether oxygens (including phenoxy) is 1. The van der Waals surface area contributed by atoms with E-state index in [1.54, 1.807) is 0 Å². The van der Waals surface area contributed by atoms with E-state index in [-0.39, 0.29) is 18.2 Å². The Kier molecular flexibility index (Phi) is 3.31. The average Bonchev–Trinajstić information content (AvgIpc) is 2.68. The highest BCUT2D eigenvalue weighted by Crippen LogP contribution is 2.15. The number of hydrogen-bond acceptors (Lipinski definition) is 5. The first kappa shape index (κ1) is 12.3. The van der Waals surface area contributed by atoms with E-state index in [0.29, 0.717) is 13.1 Å². The van der Waals surface area contributed by atoms with Gasteiger partial charge in [-0.2, -0.15) is 22.8 Å². The molecule has 1 aliphatic rings. The van der Waals surface area contributed by atoms with E-state index in [9.17, 15) is 8.42 Å². The van der Waals surface area contributed by atoms with E-state index < -0.39 is 10.2 Å². The van der Waals surface area contributed by atoms with Crippen LogP contribution in [-0.4, -0.2) is 53.2 Å². The Bertz CT molecular complexity index is 450. The molecule has 2 N–H and O–H groups in total.